The molecule has 0 radical (unpaired) electrons. The topological polar surface area (TPSA) is 89.9 Å². The molecule has 7 nitrogen and oxygen atoms in total. The van der Waals surface area contributed by atoms with Gasteiger partial charge in [0.05, 0.1) is 0 Å². The van der Waals surface area contributed by atoms with Crippen LogP contribution in [0.15, 0.2) is 12.1 Å². The number of carbonyl (C=O) groups excluding carboxylic acids is 1. The van der Waals surface area contributed by atoms with E-state index < -0.39 is 16.1 Å². The maximum absolute atomic E-state index is 12.0. The first kappa shape index (κ1) is 16.5. The molecular formula is C14H20N3O4PS. The first-order valence-electron chi connectivity index (χ1n) is 7.42. The number of amides is 1. The van der Waals surface area contributed by atoms with Crippen LogP contribution in [0.3, 0.4) is 0 Å². The van der Waals surface area contributed by atoms with Gasteiger partial charge in [0.25, 0.3) is 5.91 Å². The average Bonchev–Trinajstić information content (AvgIpc) is 2.71. The van der Waals surface area contributed by atoms with Gasteiger partial charge < -0.3 is 10.0 Å². The number of piperidine rings is 1. The quantitative estimate of drug-likeness (QED) is 0.721. The van der Waals surface area contributed by atoms with Crippen LogP contribution in [0, 0.1) is 0 Å². The summed E-state index contributed by atoms with van der Waals surface area (Å²) in [5.74, 6) is -0.375. The highest BCUT2D eigenvalue weighted by molar-refractivity contribution is 7.92. The minimum Gasteiger partial charge on any atom is -0.506 e. The second-order valence-electron chi connectivity index (χ2n) is 6.09. The summed E-state index contributed by atoms with van der Waals surface area (Å²) in [5, 5.41) is 10.9. The number of likely N-dealkylation sites (tertiary alicyclic amines) is 1. The fourth-order valence-corrected chi connectivity index (χ4v) is 4.94. The van der Waals surface area contributed by atoms with Crippen molar-refractivity contribution < 1.29 is 18.3 Å². The molecule has 2 aliphatic heterocycles. The van der Waals surface area contributed by atoms with Gasteiger partial charge in [-0.05, 0) is 61.9 Å². The Morgan fingerprint density at radius 3 is 2.48 bits per heavy atom. The predicted molar refractivity (Wildman–Crippen MR) is 91.3 cm³/mol. The monoisotopic (exact) mass is 357 g/mol. The molecule has 2 aliphatic rings. The molecule has 0 saturated carbocycles. The van der Waals surface area contributed by atoms with Crippen LogP contribution in [-0.2, 0) is 15.0 Å². The Morgan fingerprint density at radius 2 is 1.96 bits per heavy atom. The maximum Gasteiger partial charge on any atom is 0.326 e. The third kappa shape index (κ3) is 3.16. The summed E-state index contributed by atoms with van der Waals surface area (Å²) >= 11 is 0. The van der Waals surface area contributed by atoms with Crippen molar-refractivity contribution in [2.75, 3.05) is 31.0 Å². The molecule has 1 unspecified atom stereocenters. The summed E-state index contributed by atoms with van der Waals surface area (Å²) in [6, 6.07) is 3.51. The lowest BCUT2D eigenvalue weighted by molar-refractivity contribution is -0.117. The van der Waals surface area contributed by atoms with Crippen molar-refractivity contribution in [3.05, 3.63) is 17.7 Å². The normalized spacial score (nSPS) is 22.3. The summed E-state index contributed by atoms with van der Waals surface area (Å²) in [6.07, 6.45) is 2.00. The average molecular weight is 357 g/mol. The van der Waals surface area contributed by atoms with E-state index in [4.69, 9.17) is 0 Å². The lowest BCUT2D eigenvalue weighted by Crippen LogP contribution is -2.32. The molecular weight excluding hydrogens is 337 g/mol. The number of hydrogen-bond donors (Lipinski definition) is 2. The van der Waals surface area contributed by atoms with Crippen LogP contribution < -0.4 is 14.3 Å². The van der Waals surface area contributed by atoms with E-state index in [0.29, 0.717) is 11.2 Å². The Kier molecular flexibility index (Phi) is 4.25. The SMILES string of the molecule is CN1CCC(c2cc(O)c(N3CC(=O)NS3(=O)=O)c(P)c2)CC1. The standard InChI is InChI=1S/C14H20N3O4PS/c1-16-4-2-9(3-5-16)10-6-11(18)14(12(22)7-10)17-8-13(19)15-23(17,20)21/h6-7,9,18H,2-5,8,22H2,1H3,(H,15,19). The van der Waals surface area contributed by atoms with Crippen LogP contribution >= 0.6 is 9.24 Å². The van der Waals surface area contributed by atoms with Crippen molar-refractivity contribution in [3.8, 4) is 5.75 Å². The number of carbonyl (C=O) groups is 1. The molecule has 23 heavy (non-hydrogen) atoms. The van der Waals surface area contributed by atoms with Gasteiger partial charge in [-0.1, -0.05) is 0 Å². The highest BCUT2D eigenvalue weighted by Gasteiger charge is 2.36. The van der Waals surface area contributed by atoms with Crippen molar-refractivity contribution >= 4 is 36.3 Å². The van der Waals surface area contributed by atoms with Gasteiger partial charge in [0.1, 0.15) is 18.0 Å². The first-order chi connectivity index (χ1) is 10.8. The zero-order chi connectivity index (χ0) is 16.8. The molecule has 1 aromatic carbocycles. The second-order valence-corrected chi connectivity index (χ2v) is 8.31. The minimum absolute atomic E-state index is 0.119. The van der Waals surface area contributed by atoms with Crippen molar-refractivity contribution in [3.63, 3.8) is 0 Å². The van der Waals surface area contributed by atoms with Gasteiger partial charge in [0.15, 0.2) is 0 Å². The molecule has 0 aliphatic carbocycles. The molecule has 1 amide bonds. The third-order valence-electron chi connectivity index (χ3n) is 4.40. The number of hydrogen-bond acceptors (Lipinski definition) is 5. The third-order valence-corrected chi connectivity index (χ3v) is 6.22. The summed E-state index contributed by atoms with van der Waals surface area (Å²) in [4.78, 5) is 13.6. The summed E-state index contributed by atoms with van der Waals surface area (Å²) < 4.78 is 26.8. The van der Waals surface area contributed by atoms with Crippen LogP contribution in [0.1, 0.15) is 24.3 Å². The largest absolute Gasteiger partial charge is 0.506 e. The highest BCUT2D eigenvalue weighted by Crippen LogP contribution is 2.36. The van der Waals surface area contributed by atoms with E-state index in [1.165, 1.54) is 0 Å². The molecule has 2 N–H and O–H groups in total. The van der Waals surface area contributed by atoms with Crippen LogP contribution in [0.5, 0.6) is 5.75 Å². The lowest BCUT2D eigenvalue weighted by Gasteiger charge is -2.30. The zero-order valence-electron chi connectivity index (χ0n) is 12.8. The Bertz CT molecular complexity index is 721. The number of aromatic hydroxyl groups is 1. The van der Waals surface area contributed by atoms with Gasteiger partial charge in [-0.15, -0.1) is 9.24 Å². The number of rotatable bonds is 2. The number of nitrogens with zero attached hydrogens (tertiary/aromatic N) is 2. The second kappa shape index (κ2) is 5.92. The summed E-state index contributed by atoms with van der Waals surface area (Å²) in [7, 11) is 0.619. The molecule has 0 bridgehead atoms. The molecule has 9 heteroatoms. The van der Waals surface area contributed by atoms with Crippen LogP contribution in [0.25, 0.3) is 0 Å². The minimum atomic E-state index is -3.93. The Morgan fingerprint density at radius 1 is 1.30 bits per heavy atom. The van der Waals surface area contributed by atoms with Gasteiger partial charge >= 0.3 is 10.2 Å². The smallest absolute Gasteiger partial charge is 0.326 e. The number of anilines is 1. The predicted octanol–water partition coefficient (Wildman–Crippen LogP) is -0.117. The van der Waals surface area contributed by atoms with Gasteiger partial charge in [-0.2, -0.15) is 8.42 Å². The van der Waals surface area contributed by atoms with E-state index in [9.17, 15) is 18.3 Å². The fourth-order valence-electron chi connectivity index (χ4n) is 3.16. The number of benzene rings is 1. The van der Waals surface area contributed by atoms with E-state index in [-0.39, 0.29) is 18.0 Å². The molecule has 2 fully saturated rings. The van der Waals surface area contributed by atoms with E-state index >= 15 is 0 Å². The van der Waals surface area contributed by atoms with E-state index in [1.807, 2.05) is 10.8 Å². The first-order valence-corrected chi connectivity index (χ1v) is 9.44. The zero-order valence-corrected chi connectivity index (χ0v) is 14.8. The Balaban J connectivity index is 1.94. The molecule has 2 saturated heterocycles. The number of nitrogens with one attached hydrogen (secondary N) is 1. The van der Waals surface area contributed by atoms with Gasteiger partial charge in [-0.3, -0.25) is 4.79 Å². The Hall–Kier alpha value is -1.37. The molecule has 3 rings (SSSR count). The maximum atomic E-state index is 12.0. The number of phenols is 1. The molecule has 1 atom stereocenters. The molecule has 0 spiro atoms. The summed E-state index contributed by atoms with van der Waals surface area (Å²) in [5.41, 5.74) is 1.14. The highest BCUT2D eigenvalue weighted by atomic mass is 32.2. The van der Waals surface area contributed by atoms with Crippen LogP contribution in [0.4, 0.5) is 5.69 Å². The van der Waals surface area contributed by atoms with Crippen molar-refractivity contribution in [2.24, 2.45) is 0 Å². The van der Waals surface area contributed by atoms with Crippen LogP contribution in [0.2, 0.25) is 0 Å². The van der Waals surface area contributed by atoms with E-state index in [1.54, 1.807) is 6.07 Å². The van der Waals surface area contributed by atoms with Crippen LogP contribution in [-0.4, -0.2) is 51.0 Å². The number of phenolic OH excluding ortho intramolecular Hbond substituents is 1. The van der Waals surface area contributed by atoms with Crippen molar-refractivity contribution in [1.82, 2.24) is 9.62 Å². The summed E-state index contributed by atoms with van der Waals surface area (Å²) in [6.45, 7) is 1.68. The molecule has 126 valence electrons. The molecule has 0 aromatic heterocycles. The fraction of sp³-hybridized carbons (Fsp3) is 0.500. The van der Waals surface area contributed by atoms with Crippen molar-refractivity contribution in [1.29, 1.82) is 0 Å². The van der Waals surface area contributed by atoms with Gasteiger partial charge in [-0.25, -0.2) is 9.03 Å². The molecule has 1 aromatic rings. The van der Waals surface area contributed by atoms with Gasteiger partial charge in [0, 0.05) is 0 Å². The van der Waals surface area contributed by atoms with E-state index in [2.05, 4.69) is 21.2 Å². The molecule has 2 heterocycles. The van der Waals surface area contributed by atoms with E-state index in [0.717, 1.165) is 35.8 Å². The Labute approximate surface area is 138 Å². The van der Waals surface area contributed by atoms with Crippen molar-refractivity contribution in [2.45, 2.75) is 18.8 Å². The van der Waals surface area contributed by atoms with Gasteiger partial charge in [0.2, 0.25) is 0 Å². The lowest BCUT2D eigenvalue weighted by atomic mass is 9.89.